The second-order valence-corrected chi connectivity index (χ2v) is 6.17. The maximum atomic E-state index is 4.66. The minimum Gasteiger partial charge on any atom is -0.304 e. The number of likely N-dealkylation sites (N-methyl/N-ethyl adjacent to an activating group) is 1. The summed E-state index contributed by atoms with van der Waals surface area (Å²) in [6, 6.07) is 2.47. The first-order valence-corrected chi connectivity index (χ1v) is 6.69. The first-order valence-electron chi connectivity index (χ1n) is 6.28. The first-order chi connectivity index (χ1) is 8.41. The zero-order chi connectivity index (χ0) is 13.3. The minimum atomic E-state index is 0.0589. The van der Waals surface area contributed by atoms with Gasteiger partial charge < -0.3 is 4.90 Å². The number of aromatic nitrogens is 2. The van der Waals surface area contributed by atoms with Gasteiger partial charge in [-0.1, -0.05) is 20.8 Å². The highest BCUT2D eigenvalue weighted by Gasteiger charge is 2.28. The smallest absolute Gasteiger partial charge is 0.184 e. The SMILES string of the molecule is CN1CC[C@@H](n2nc(N=C=S)cc2C(C)(C)C)C1. The van der Waals surface area contributed by atoms with Gasteiger partial charge in [-0.2, -0.15) is 10.1 Å². The summed E-state index contributed by atoms with van der Waals surface area (Å²) >= 11 is 4.66. The third-order valence-corrected chi connectivity index (χ3v) is 3.46. The summed E-state index contributed by atoms with van der Waals surface area (Å²) in [7, 11) is 2.15. The Morgan fingerprint density at radius 3 is 2.72 bits per heavy atom. The fraction of sp³-hybridized carbons (Fsp3) is 0.692. The van der Waals surface area contributed by atoms with Crippen molar-refractivity contribution >= 4 is 23.2 Å². The summed E-state index contributed by atoms with van der Waals surface area (Å²) in [5.41, 5.74) is 1.27. The van der Waals surface area contributed by atoms with Crippen molar-refractivity contribution in [1.29, 1.82) is 0 Å². The van der Waals surface area contributed by atoms with Crippen LogP contribution in [-0.4, -0.2) is 40.0 Å². The monoisotopic (exact) mass is 264 g/mol. The lowest BCUT2D eigenvalue weighted by Gasteiger charge is -2.23. The Kier molecular flexibility index (Phi) is 3.66. The van der Waals surface area contributed by atoms with Crippen LogP contribution < -0.4 is 0 Å². The molecule has 0 spiro atoms. The summed E-state index contributed by atoms with van der Waals surface area (Å²) in [4.78, 5) is 6.35. The summed E-state index contributed by atoms with van der Waals surface area (Å²) in [5.74, 6) is 0.671. The van der Waals surface area contributed by atoms with Crippen molar-refractivity contribution in [2.75, 3.05) is 20.1 Å². The van der Waals surface area contributed by atoms with Crippen LogP contribution in [0.15, 0.2) is 11.1 Å². The molecule has 0 unspecified atom stereocenters. The number of isothiocyanates is 1. The lowest BCUT2D eigenvalue weighted by molar-refractivity contribution is 0.366. The molecule has 1 aromatic rings. The van der Waals surface area contributed by atoms with Crippen molar-refractivity contribution in [1.82, 2.24) is 14.7 Å². The third kappa shape index (κ3) is 2.69. The fourth-order valence-corrected chi connectivity index (χ4v) is 2.53. The number of nitrogens with zero attached hydrogens (tertiary/aromatic N) is 4. The van der Waals surface area contributed by atoms with Crippen molar-refractivity contribution in [3.63, 3.8) is 0 Å². The molecule has 0 saturated carbocycles. The summed E-state index contributed by atoms with van der Waals surface area (Å²) < 4.78 is 2.13. The van der Waals surface area contributed by atoms with Crippen LogP contribution in [0.5, 0.6) is 0 Å². The molecule has 2 rings (SSSR count). The Morgan fingerprint density at radius 1 is 1.50 bits per heavy atom. The van der Waals surface area contributed by atoms with Crippen molar-refractivity contribution in [3.8, 4) is 0 Å². The number of thiocarbonyl (C=S) groups is 1. The normalized spacial score (nSPS) is 21.0. The fourth-order valence-electron chi connectivity index (χ4n) is 2.43. The van der Waals surface area contributed by atoms with E-state index in [-0.39, 0.29) is 5.41 Å². The molecule has 0 amide bonds. The van der Waals surface area contributed by atoms with Gasteiger partial charge in [-0.05, 0) is 32.2 Å². The van der Waals surface area contributed by atoms with Crippen molar-refractivity contribution < 1.29 is 0 Å². The van der Waals surface area contributed by atoms with Crippen molar-refractivity contribution in [2.24, 2.45) is 4.99 Å². The predicted octanol–water partition coefficient (Wildman–Crippen LogP) is 2.79. The molecular formula is C13H20N4S. The van der Waals surface area contributed by atoms with E-state index in [0.29, 0.717) is 11.9 Å². The number of hydrogen-bond donors (Lipinski definition) is 0. The Hall–Kier alpha value is -1.03. The van der Waals surface area contributed by atoms with E-state index in [1.165, 1.54) is 5.69 Å². The quantitative estimate of drug-likeness (QED) is 0.608. The Balaban J connectivity index is 2.41. The molecule has 2 heterocycles. The summed E-state index contributed by atoms with van der Waals surface area (Å²) in [6.07, 6.45) is 1.14. The van der Waals surface area contributed by atoms with Crippen LogP contribution in [0, 0.1) is 0 Å². The highest BCUT2D eigenvalue weighted by Crippen LogP contribution is 2.31. The largest absolute Gasteiger partial charge is 0.304 e. The van der Waals surface area contributed by atoms with Gasteiger partial charge in [0.1, 0.15) is 0 Å². The van der Waals surface area contributed by atoms with Gasteiger partial charge in [0, 0.05) is 23.7 Å². The van der Waals surface area contributed by atoms with Crippen LogP contribution in [0.3, 0.4) is 0 Å². The van der Waals surface area contributed by atoms with Crippen LogP contribution >= 0.6 is 12.2 Å². The Bertz CT molecular complexity index is 480. The molecule has 98 valence electrons. The second-order valence-electron chi connectivity index (χ2n) is 5.99. The zero-order valence-electron chi connectivity index (χ0n) is 11.5. The highest BCUT2D eigenvalue weighted by molar-refractivity contribution is 7.78. The molecule has 1 atom stereocenters. The lowest BCUT2D eigenvalue weighted by Crippen LogP contribution is -2.24. The zero-order valence-corrected chi connectivity index (χ0v) is 12.3. The van der Waals surface area contributed by atoms with Crippen LogP contribution in [-0.2, 0) is 5.41 Å². The molecular weight excluding hydrogens is 244 g/mol. The lowest BCUT2D eigenvalue weighted by atomic mass is 9.91. The molecule has 1 saturated heterocycles. The van der Waals surface area contributed by atoms with Gasteiger partial charge in [0.25, 0.3) is 0 Å². The molecule has 0 radical (unpaired) electrons. The van der Waals surface area contributed by atoms with Gasteiger partial charge in [0.05, 0.1) is 11.2 Å². The van der Waals surface area contributed by atoms with E-state index in [0.717, 1.165) is 19.5 Å². The van der Waals surface area contributed by atoms with Crippen LogP contribution in [0.2, 0.25) is 0 Å². The second kappa shape index (κ2) is 4.92. The van der Waals surface area contributed by atoms with E-state index in [1.807, 2.05) is 6.07 Å². The van der Waals surface area contributed by atoms with E-state index in [4.69, 9.17) is 0 Å². The molecule has 1 fully saturated rings. The van der Waals surface area contributed by atoms with E-state index in [9.17, 15) is 0 Å². The molecule has 4 nitrogen and oxygen atoms in total. The van der Waals surface area contributed by atoms with Crippen LogP contribution in [0.25, 0.3) is 0 Å². The van der Waals surface area contributed by atoms with Gasteiger partial charge in [0.2, 0.25) is 0 Å². The molecule has 0 aromatic carbocycles. The molecule has 18 heavy (non-hydrogen) atoms. The maximum absolute atomic E-state index is 4.66. The van der Waals surface area contributed by atoms with Gasteiger partial charge in [0.15, 0.2) is 5.82 Å². The highest BCUT2D eigenvalue weighted by atomic mass is 32.1. The van der Waals surface area contributed by atoms with Gasteiger partial charge in [-0.3, -0.25) is 4.68 Å². The van der Waals surface area contributed by atoms with E-state index in [2.05, 4.69) is 64.9 Å². The summed E-state index contributed by atoms with van der Waals surface area (Å²) in [6.45, 7) is 8.77. The average molecular weight is 264 g/mol. The Labute approximate surface area is 114 Å². The minimum absolute atomic E-state index is 0.0589. The van der Waals surface area contributed by atoms with E-state index in [1.54, 1.807) is 0 Å². The number of aliphatic imine (C=N–C) groups is 1. The van der Waals surface area contributed by atoms with Crippen molar-refractivity contribution in [3.05, 3.63) is 11.8 Å². The molecule has 0 N–H and O–H groups in total. The summed E-state index contributed by atoms with van der Waals surface area (Å²) in [5, 5.41) is 6.97. The van der Waals surface area contributed by atoms with E-state index < -0.39 is 0 Å². The molecule has 5 heteroatoms. The third-order valence-electron chi connectivity index (χ3n) is 3.36. The molecule has 1 aliphatic rings. The van der Waals surface area contributed by atoms with Gasteiger partial charge >= 0.3 is 0 Å². The molecule has 1 aromatic heterocycles. The maximum Gasteiger partial charge on any atom is 0.184 e. The van der Waals surface area contributed by atoms with Crippen LogP contribution in [0.1, 0.15) is 38.9 Å². The number of likely N-dealkylation sites (tertiary alicyclic amines) is 1. The molecule has 1 aliphatic heterocycles. The van der Waals surface area contributed by atoms with E-state index >= 15 is 0 Å². The average Bonchev–Trinajstić information content (AvgIpc) is 2.83. The van der Waals surface area contributed by atoms with Gasteiger partial charge in [-0.15, -0.1) is 0 Å². The number of rotatable bonds is 2. The molecule has 0 bridgehead atoms. The van der Waals surface area contributed by atoms with Gasteiger partial charge in [-0.25, -0.2) is 0 Å². The predicted molar refractivity (Wildman–Crippen MR) is 76.8 cm³/mol. The Morgan fingerprint density at radius 2 is 2.22 bits per heavy atom. The van der Waals surface area contributed by atoms with Crippen LogP contribution in [0.4, 0.5) is 5.82 Å². The topological polar surface area (TPSA) is 33.4 Å². The standard InChI is InChI=1S/C13H20N4S/c1-13(2,3)11-7-12(14-9-18)15-17(11)10-5-6-16(4)8-10/h7,10H,5-6,8H2,1-4H3/t10-/m1/s1. The first kappa shape index (κ1) is 13.4. The van der Waals surface area contributed by atoms with Crippen molar-refractivity contribution in [2.45, 2.75) is 38.6 Å². The number of hydrogen-bond acceptors (Lipinski definition) is 4. The molecule has 0 aliphatic carbocycles.